The highest BCUT2D eigenvalue weighted by Crippen LogP contribution is 2.12. The molecule has 0 radical (unpaired) electrons. The number of nitrogens with one attached hydrogen (secondary N) is 1. The lowest BCUT2D eigenvalue weighted by Crippen LogP contribution is -2.39. The third-order valence-electron chi connectivity index (χ3n) is 2.00. The summed E-state index contributed by atoms with van der Waals surface area (Å²) in [7, 11) is 1.58. The van der Waals surface area contributed by atoms with E-state index in [9.17, 15) is 13.6 Å². The number of carbonyl (C=O) groups excluding carboxylic acids is 1. The fraction of sp³-hybridized carbons (Fsp3) is 0.444. The molecule has 0 aliphatic rings. The van der Waals surface area contributed by atoms with Crippen molar-refractivity contribution in [3.05, 3.63) is 18.0 Å². The van der Waals surface area contributed by atoms with Crippen molar-refractivity contribution >= 4 is 11.6 Å². The van der Waals surface area contributed by atoms with Gasteiger partial charge in [-0.1, -0.05) is 0 Å². The lowest BCUT2D eigenvalue weighted by atomic mass is 10.3. The highest BCUT2D eigenvalue weighted by molar-refractivity contribution is 5.93. The van der Waals surface area contributed by atoms with Crippen LogP contribution in [-0.4, -0.2) is 34.7 Å². The maximum atomic E-state index is 12.6. The molecule has 16 heavy (non-hydrogen) atoms. The van der Waals surface area contributed by atoms with Gasteiger partial charge in [0, 0.05) is 13.2 Å². The van der Waals surface area contributed by atoms with Gasteiger partial charge in [0.05, 0.1) is 12.2 Å². The molecule has 1 heterocycles. The molecule has 0 saturated carbocycles. The Labute approximate surface area is 90.9 Å². The van der Waals surface area contributed by atoms with Gasteiger partial charge in [-0.3, -0.25) is 4.79 Å². The molecule has 1 aromatic heterocycles. The van der Waals surface area contributed by atoms with E-state index in [-0.39, 0.29) is 5.69 Å². The summed E-state index contributed by atoms with van der Waals surface area (Å²) in [6, 6.07) is 1.38. The minimum atomic E-state index is -3.31. The number of amides is 1. The predicted molar refractivity (Wildman–Crippen MR) is 54.2 cm³/mol. The summed E-state index contributed by atoms with van der Waals surface area (Å²) >= 11 is 0. The van der Waals surface area contributed by atoms with Crippen molar-refractivity contribution in [2.45, 2.75) is 5.92 Å². The summed E-state index contributed by atoms with van der Waals surface area (Å²) in [5.74, 6) is -3.97. The highest BCUT2D eigenvalue weighted by atomic mass is 19.3. The van der Waals surface area contributed by atoms with Gasteiger partial charge in [-0.15, -0.1) is 0 Å². The molecule has 1 aromatic rings. The van der Waals surface area contributed by atoms with Crippen LogP contribution in [0.4, 0.5) is 14.5 Å². The molecule has 0 aliphatic carbocycles. The molecule has 0 aromatic carbocycles. The molecule has 0 bridgehead atoms. The summed E-state index contributed by atoms with van der Waals surface area (Å²) < 4.78 is 26.7. The van der Waals surface area contributed by atoms with Gasteiger partial charge in [0.25, 0.3) is 11.8 Å². The summed E-state index contributed by atoms with van der Waals surface area (Å²) in [5.41, 5.74) is 6.00. The molecule has 0 fully saturated rings. The molecule has 0 spiro atoms. The first kappa shape index (κ1) is 12.4. The van der Waals surface area contributed by atoms with Crippen LogP contribution in [0.3, 0.4) is 0 Å². The number of nitrogens with two attached hydrogens (primary N) is 1. The molecule has 0 unspecified atom stereocenters. The van der Waals surface area contributed by atoms with Crippen LogP contribution in [0.5, 0.6) is 0 Å². The molecule has 1 amide bonds. The number of aliphatic hydroxyl groups excluding tert-OH is 1. The Bertz CT molecular complexity index is 390. The van der Waals surface area contributed by atoms with Crippen molar-refractivity contribution in [3.8, 4) is 0 Å². The van der Waals surface area contributed by atoms with E-state index in [1.54, 1.807) is 7.05 Å². The average Bonchev–Trinajstić information content (AvgIpc) is 2.54. The smallest absolute Gasteiger partial charge is 0.287 e. The molecule has 7 heteroatoms. The van der Waals surface area contributed by atoms with Gasteiger partial charge in [-0.2, -0.15) is 0 Å². The van der Waals surface area contributed by atoms with Crippen LogP contribution in [0, 0.1) is 0 Å². The summed E-state index contributed by atoms with van der Waals surface area (Å²) in [4.78, 5) is 11.4. The minimum absolute atomic E-state index is 0.186. The third-order valence-corrected chi connectivity index (χ3v) is 2.00. The summed E-state index contributed by atoms with van der Waals surface area (Å²) in [6.07, 6.45) is 1.50. The summed E-state index contributed by atoms with van der Waals surface area (Å²) in [6.45, 7) is -2.21. The Morgan fingerprint density at radius 2 is 2.31 bits per heavy atom. The molecule has 4 N–H and O–H groups in total. The maximum absolute atomic E-state index is 12.6. The Morgan fingerprint density at radius 1 is 1.69 bits per heavy atom. The van der Waals surface area contributed by atoms with Gasteiger partial charge < -0.3 is 20.7 Å². The largest absolute Gasteiger partial charge is 0.397 e. The Morgan fingerprint density at radius 3 is 2.75 bits per heavy atom. The number of hydrogen-bond donors (Lipinski definition) is 3. The number of aliphatic hydroxyl groups is 1. The van der Waals surface area contributed by atoms with Crippen molar-refractivity contribution in [1.82, 2.24) is 9.88 Å². The number of halogens is 2. The zero-order valence-electron chi connectivity index (χ0n) is 8.70. The van der Waals surface area contributed by atoms with E-state index in [4.69, 9.17) is 10.8 Å². The SMILES string of the molecule is Cn1cc(N)cc1C(=O)NCC(F)(F)CO. The van der Waals surface area contributed by atoms with Gasteiger partial charge in [0.2, 0.25) is 0 Å². The van der Waals surface area contributed by atoms with Gasteiger partial charge in [-0.05, 0) is 6.07 Å². The Balaban J connectivity index is 2.63. The van der Waals surface area contributed by atoms with Crippen LogP contribution in [0.1, 0.15) is 10.5 Å². The Hall–Kier alpha value is -1.63. The van der Waals surface area contributed by atoms with E-state index in [1.165, 1.54) is 16.8 Å². The standard InChI is InChI=1S/C9H13F2N3O2/c1-14-3-6(12)2-7(14)8(16)13-4-9(10,11)5-15/h2-3,15H,4-5,12H2,1H3,(H,13,16). The number of carbonyl (C=O) groups is 1. The topological polar surface area (TPSA) is 80.3 Å². The molecule has 0 atom stereocenters. The van der Waals surface area contributed by atoms with Gasteiger partial charge in [-0.25, -0.2) is 8.78 Å². The minimum Gasteiger partial charge on any atom is -0.397 e. The van der Waals surface area contributed by atoms with E-state index in [2.05, 4.69) is 0 Å². The molecule has 90 valence electrons. The molecule has 0 aliphatic heterocycles. The second-order valence-electron chi connectivity index (χ2n) is 3.47. The van der Waals surface area contributed by atoms with Crippen LogP contribution in [0.2, 0.25) is 0 Å². The number of rotatable bonds is 4. The number of anilines is 1. The zero-order chi connectivity index (χ0) is 12.3. The van der Waals surface area contributed by atoms with Crippen molar-refractivity contribution in [2.75, 3.05) is 18.9 Å². The van der Waals surface area contributed by atoms with Crippen LogP contribution >= 0.6 is 0 Å². The first-order chi connectivity index (χ1) is 7.35. The van der Waals surface area contributed by atoms with Gasteiger partial charge in [0.15, 0.2) is 0 Å². The fourth-order valence-corrected chi connectivity index (χ4v) is 1.17. The molecular weight excluding hydrogens is 220 g/mol. The van der Waals surface area contributed by atoms with Crippen LogP contribution < -0.4 is 11.1 Å². The fourth-order valence-electron chi connectivity index (χ4n) is 1.17. The molecule has 1 rings (SSSR count). The molecule has 0 saturated heterocycles. The van der Waals surface area contributed by atoms with E-state index in [0.29, 0.717) is 5.69 Å². The van der Waals surface area contributed by atoms with Gasteiger partial charge >= 0.3 is 0 Å². The second-order valence-corrected chi connectivity index (χ2v) is 3.47. The Kier molecular flexibility index (Phi) is 3.48. The van der Waals surface area contributed by atoms with Crippen molar-refractivity contribution in [3.63, 3.8) is 0 Å². The quantitative estimate of drug-likeness (QED) is 0.683. The van der Waals surface area contributed by atoms with E-state index in [0.717, 1.165) is 0 Å². The average molecular weight is 233 g/mol. The lowest BCUT2D eigenvalue weighted by Gasteiger charge is -2.13. The number of nitrogen functional groups attached to an aromatic ring is 1. The number of nitrogens with zero attached hydrogens (tertiary/aromatic N) is 1. The number of hydrogen-bond acceptors (Lipinski definition) is 3. The second kappa shape index (κ2) is 4.48. The normalized spacial score (nSPS) is 11.5. The number of aryl methyl sites for hydroxylation is 1. The van der Waals surface area contributed by atoms with Crippen LogP contribution in [0.25, 0.3) is 0 Å². The maximum Gasteiger partial charge on any atom is 0.287 e. The van der Waals surface area contributed by atoms with Crippen LogP contribution in [-0.2, 0) is 7.05 Å². The van der Waals surface area contributed by atoms with E-state index >= 15 is 0 Å². The monoisotopic (exact) mass is 233 g/mol. The highest BCUT2D eigenvalue weighted by Gasteiger charge is 2.28. The van der Waals surface area contributed by atoms with E-state index in [1.807, 2.05) is 5.32 Å². The first-order valence-electron chi connectivity index (χ1n) is 4.54. The van der Waals surface area contributed by atoms with E-state index < -0.39 is 25.0 Å². The summed E-state index contributed by atoms with van der Waals surface area (Å²) in [5, 5.41) is 10.3. The lowest BCUT2D eigenvalue weighted by molar-refractivity contribution is -0.0462. The first-order valence-corrected chi connectivity index (χ1v) is 4.54. The van der Waals surface area contributed by atoms with Crippen molar-refractivity contribution < 1.29 is 18.7 Å². The van der Waals surface area contributed by atoms with Gasteiger partial charge in [0.1, 0.15) is 12.3 Å². The predicted octanol–water partition coefficient (Wildman–Crippen LogP) is -0.0353. The zero-order valence-corrected chi connectivity index (χ0v) is 8.70. The third kappa shape index (κ3) is 2.93. The van der Waals surface area contributed by atoms with Crippen molar-refractivity contribution in [2.24, 2.45) is 7.05 Å². The van der Waals surface area contributed by atoms with Crippen molar-refractivity contribution in [1.29, 1.82) is 0 Å². The number of aromatic nitrogens is 1. The molecule has 5 nitrogen and oxygen atoms in total. The number of alkyl halides is 2. The van der Waals surface area contributed by atoms with Crippen LogP contribution in [0.15, 0.2) is 12.3 Å². The molecular formula is C9H13F2N3O2.